The molecule has 4 nitrogen and oxygen atoms in total. The van der Waals surface area contributed by atoms with Crippen LogP contribution in [-0.2, 0) is 0 Å². The molecule has 0 amide bonds. The minimum absolute atomic E-state index is 0.458. The SMILES string of the molecule is [C-]#[N+]c1cccc(C#N)c1-c1c(-n2c3ccccc3c3ccccc32)ccc2c1c1ccccc1n2-c1ccccc1. The Kier molecular flexibility index (Phi) is 5.22. The van der Waals surface area contributed by atoms with Gasteiger partial charge in [-0.05, 0) is 48.5 Å². The molecule has 0 aliphatic carbocycles. The number of fused-ring (bicyclic) bond motifs is 6. The van der Waals surface area contributed by atoms with Crippen LogP contribution < -0.4 is 0 Å². The van der Waals surface area contributed by atoms with Gasteiger partial charge in [-0.25, -0.2) is 4.85 Å². The second-order valence-electron chi connectivity index (χ2n) is 10.3. The van der Waals surface area contributed by atoms with Gasteiger partial charge < -0.3 is 9.13 Å². The molecule has 0 N–H and O–H groups in total. The van der Waals surface area contributed by atoms with Gasteiger partial charge in [0.2, 0.25) is 0 Å². The maximum Gasteiger partial charge on any atom is 0.196 e. The van der Waals surface area contributed by atoms with Crippen molar-refractivity contribution < 1.29 is 0 Å². The average Bonchev–Trinajstić information content (AvgIpc) is 3.57. The molecule has 0 unspecified atom stereocenters. The minimum Gasteiger partial charge on any atom is -0.309 e. The van der Waals surface area contributed by atoms with Crippen molar-refractivity contribution in [2.45, 2.75) is 0 Å². The Labute approximate surface area is 242 Å². The third-order valence-corrected chi connectivity index (χ3v) is 8.19. The van der Waals surface area contributed by atoms with Crippen LogP contribution in [-0.4, -0.2) is 9.13 Å². The highest BCUT2D eigenvalue weighted by molar-refractivity contribution is 6.20. The highest BCUT2D eigenvalue weighted by atomic mass is 15.0. The number of hydrogen-bond donors (Lipinski definition) is 0. The van der Waals surface area contributed by atoms with Gasteiger partial charge in [-0.2, -0.15) is 5.26 Å². The predicted octanol–water partition coefficient (Wildman–Crippen LogP) is 9.97. The number of rotatable bonds is 3. The molecule has 0 radical (unpaired) electrons. The van der Waals surface area contributed by atoms with Gasteiger partial charge in [0.05, 0.1) is 40.4 Å². The van der Waals surface area contributed by atoms with Crippen molar-refractivity contribution in [3.05, 3.63) is 150 Å². The van der Waals surface area contributed by atoms with Crippen molar-refractivity contribution >= 4 is 49.3 Å². The van der Waals surface area contributed by atoms with Gasteiger partial charge in [-0.3, -0.25) is 0 Å². The Balaban J connectivity index is 1.65. The molecule has 0 aliphatic rings. The molecule has 42 heavy (non-hydrogen) atoms. The monoisotopic (exact) mass is 534 g/mol. The second-order valence-corrected chi connectivity index (χ2v) is 10.3. The number of para-hydroxylation sites is 4. The van der Waals surface area contributed by atoms with Crippen LogP contribution in [0.15, 0.2) is 133 Å². The van der Waals surface area contributed by atoms with Crippen LogP contribution >= 0.6 is 0 Å². The predicted molar refractivity (Wildman–Crippen MR) is 172 cm³/mol. The molecule has 8 rings (SSSR count). The van der Waals surface area contributed by atoms with E-state index in [4.69, 9.17) is 6.57 Å². The van der Waals surface area contributed by atoms with Gasteiger partial charge in [0.15, 0.2) is 5.69 Å². The summed E-state index contributed by atoms with van der Waals surface area (Å²) < 4.78 is 4.56. The van der Waals surface area contributed by atoms with E-state index in [2.05, 4.69) is 117 Å². The first-order valence-electron chi connectivity index (χ1n) is 13.8. The van der Waals surface area contributed by atoms with E-state index in [0.29, 0.717) is 16.8 Å². The first-order chi connectivity index (χ1) is 20.8. The molecule has 2 heterocycles. The van der Waals surface area contributed by atoms with Gasteiger partial charge in [0.25, 0.3) is 0 Å². The summed E-state index contributed by atoms with van der Waals surface area (Å²) in [4.78, 5) is 3.94. The third kappa shape index (κ3) is 3.27. The van der Waals surface area contributed by atoms with Crippen LogP contribution in [0.2, 0.25) is 0 Å². The molecule has 0 aliphatic heterocycles. The molecule has 2 aromatic heterocycles. The standard InChI is InChI=1S/C38H22N4/c1-40-30-18-11-12-25(24-39)36(30)38-35(42-31-19-8-5-15-27(31)28-16-6-9-20-32(28)42)23-22-34-37(38)29-17-7-10-21-33(29)41(34)26-13-3-2-4-14-26/h2-23H. The van der Waals surface area contributed by atoms with Gasteiger partial charge >= 0.3 is 0 Å². The number of nitrogens with zero attached hydrogens (tertiary/aromatic N) is 4. The molecule has 0 saturated heterocycles. The summed E-state index contributed by atoms with van der Waals surface area (Å²) >= 11 is 0. The number of hydrogen-bond acceptors (Lipinski definition) is 1. The molecule has 0 saturated carbocycles. The highest BCUT2D eigenvalue weighted by Crippen LogP contribution is 2.47. The fourth-order valence-corrected chi connectivity index (χ4v) is 6.52. The van der Waals surface area contributed by atoms with Crippen LogP contribution in [0, 0.1) is 17.9 Å². The van der Waals surface area contributed by atoms with Crippen molar-refractivity contribution in [2.24, 2.45) is 0 Å². The molecule has 0 spiro atoms. The van der Waals surface area contributed by atoms with Crippen molar-refractivity contribution in [1.29, 1.82) is 5.26 Å². The van der Waals surface area contributed by atoms with Gasteiger partial charge in [0.1, 0.15) is 0 Å². The molecule has 8 aromatic rings. The maximum atomic E-state index is 10.4. The Hall–Kier alpha value is -6.10. The zero-order valence-corrected chi connectivity index (χ0v) is 22.5. The molecule has 4 heteroatoms. The Morgan fingerprint density at radius 1 is 0.524 bits per heavy atom. The van der Waals surface area contributed by atoms with E-state index in [9.17, 15) is 5.26 Å². The van der Waals surface area contributed by atoms with Crippen molar-refractivity contribution in [3.8, 4) is 28.6 Å². The van der Waals surface area contributed by atoms with Crippen molar-refractivity contribution in [3.63, 3.8) is 0 Å². The summed E-state index contributed by atoms with van der Waals surface area (Å²) in [6.07, 6.45) is 0. The lowest BCUT2D eigenvalue weighted by atomic mass is 9.92. The van der Waals surface area contributed by atoms with Crippen molar-refractivity contribution in [2.75, 3.05) is 0 Å². The first kappa shape index (κ1) is 23.8. The normalized spacial score (nSPS) is 11.3. The lowest BCUT2D eigenvalue weighted by Crippen LogP contribution is -2.00. The summed E-state index contributed by atoms with van der Waals surface area (Å²) in [5, 5.41) is 14.8. The van der Waals surface area contributed by atoms with E-state index < -0.39 is 0 Å². The third-order valence-electron chi connectivity index (χ3n) is 8.19. The van der Waals surface area contributed by atoms with E-state index >= 15 is 0 Å². The summed E-state index contributed by atoms with van der Waals surface area (Å²) in [5.74, 6) is 0. The quantitative estimate of drug-likeness (QED) is 0.208. The minimum atomic E-state index is 0.458. The maximum absolute atomic E-state index is 10.4. The highest BCUT2D eigenvalue weighted by Gasteiger charge is 2.25. The number of benzene rings is 6. The fourth-order valence-electron chi connectivity index (χ4n) is 6.52. The molecule has 0 fully saturated rings. The largest absolute Gasteiger partial charge is 0.309 e. The van der Waals surface area contributed by atoms with Gasteiger partial charge in [-0.15, -0.1) is 0 Å². The lowest BCUT2D eigenvalue weighted by molar-refractivity contribution is 1.17. The smallest absolute Gasteiger partial charge is 0.196 e. The van der Waals surface area contributed by atoms with E-state index in [1.165, 1.54) is 0 Å². The Morgan fingerprint density at radius 2 is 1.12 bits per heavy atom. The zero-order valence-electron chi connectivity index (χ0n) is 22.5. The zero-order chi connectivity index (χ0) is 28.2. The van der Waals surface area contributed by atoms with Crippen LogP contribution in [0.3, 0.4) is 0 Å². The average molecular weight is 535 g/mol. The molecule has 0 bridgehead atoms. The summed E-state index contributed by atoms with van der Waals surface area (Å²) in [7, 11) is 0. The molecule has 6 aromatic carbocycles. The van der Waals surface area contributed by atoms with E-state index in [1.54, 1.807) is 6.07 Å². The number of nitriles is 1. The van der Waals surface area contributed by atoms with Gasteiger partial charge in [-0.1, -0.05) is 84.9 Å². The summed E-state index contributed by atoms with van der Waals surface area (Å²) in [5.41, 5.74) is 8.70. The van der Waals surface area contributed by atoms with Crippen LogP contribution in [0.1, 0.15) is 5.56 Å². The topological polar surface area (TPSA) is 38.0 Å². The van der Waals surface area contributed by atoms with E-state index in [1.807, 2.05) is 30.3 Å². The van der Waals surface area contributed by atoms with Crippen LogP contribution in [0.25, 0.3) is 71.0 Å². The summed E-state index contributed by atoms with van der Waals surface area (Å²) in [6, 6.07) is 47.7. The molecule has 0 atom stereocenters. The summed E-state index contributed by atoms with van der Waals surface area (Å²) in [6.45, 7) is 8.13. The fraction of sp³-hybridized carbons (Fsp3) is 0. The van der Waals surface area contributed by atoms with E-state index in [-0.39, 0.29) is 0 Å². The Morgan fingerprint density at radius 3 is 1.76 bits per heavy atom. The number of aromatic nitrogens is 2. The lowest BCUT2D eigenvalue weighted by Gasteiger charge is -2.18. The Bertz CT molecular complexity index is 2340. The second kappa shape index (κ2) is 9.24. The van der Waals surface area contributed by atoms with Crippen LogP contribution in [0.5, 0.6) is 0 Å². The van der Waals surface area contributed by atoms with Gasteiger partial charge in [0, 0.05) is 43.9 Å². The van der Waals surface area contributed by atoms with Crippen molar-refractivity contribution in [1.82, 2.24) is 9.13 Å². The molecular formula is C38H22N4. The van der Waals surface area contributed by atoms with E-state index in [0.717, 1.165) is 60.5 Å². The molecular weight excluding hydrogens is 512 g/mol. The first-order valence-corrected chi connectivity index (χ1v) is 13.8. The van der Waals surface area contributed by atoms with Crippen LogP contribution in [0.4, 0.5) is 5.69 Å². The molecule has 194 valence electrons.